The number of aliphatic hydroxyl groups is 4. The number of carbonyl (C=O) groups is 2. The van der Waals surface area contributed by atoms with Crippen LogP contribution in [-0.2, 0) is 54.1 Å². The van der Waals surface area contributed by atoms with E-state index in [1.807, 2.05) is 56.8 Å². The SMILES string of the molecule is CC(C)O[C@@H]1OC(C(=O)OCc2cccc(N(C)C)c2)[C@@H](OCCO[C@@H]2OC(C(=O)OCC#C[Si](C)(C)C)[C@@H](OC(C)C)[C@H](O)[C@@H]2O)[C@H](O)[C@@H]1O. The van der Waals surface area contributed by atoms with E-state index in [9.17, 15) is 30.0 Å². The summed E-state index contributed by atoms with van der Waals surface area (Å²) in [6.07, 6.45) is -15.7. The van der Waals surface area contributed by atoms with Gasteiger partial charge < -0.3 is 63.2 Å². The van der Waals surface area contributed by atoms with Gasteiger partial charge in [0.2, 0.25) is 0 Å². The Morgan fingerprint density at radius 2 is 1.37 bits per heavy atom. The highest BCUT2D eigenvalue weighted by Gasteiger charge is 2.51. The molecule has 2 aliphatic heterocycles. The van der Waals surface area contributed by atoms with Crippen LogP contribution in [0.4, 0.5) is 5.69 Å². The van der Waals surface area contributed by atoms with Crippen LogP contribution < -0.4 is 4.90 Å². The van der Waals surface area contributed by atoms with Crippen LogP contribution in [0.5, 0.6) is 0 Å². The van der Waals surface area contributed by atoms with E-state index in [1.165, 1.54) is 0 Å². The van der Waals surface area contributed by atoms with Crippen LogP contribution in [0.3, 0.4) is 0 Å². The van der Waals surface area contributed by atoms with Gasteiger partial charge in [0.25, 0.3) is 0 Å². The van der Waals surface area contributed by atoms with Crippen LogP contribution in [0.25, 0.3) is 0 Å². The first-order valence-electron chi connectivity index (χ1n) is 17.1. The number of carbonyl (C=O) groups excluding carboxylic acids is 2. The second-order valence-corrected chi connectivity index (χ2v) is 18.9. The Morgan fingerprint density at radius 1 is 0.804 bits per heavy atom. The maximum Gasteiger partial charge on any atom is 0.339 e. The lowest BCUT2D eigenvalue weighted by Gasteiger charge is -2.42. The number of rotatable bonds is 15. The first kappa shape index (κ1) is 42.7. The van der Waals surface area contributed by atoms with Crippen molar-refractivity contribution < 1.29 is 67.9 Å². The highest BCUT2D eigenvalue weighted by atomic mass is 28.3. The Balaban J connectivity index is 1.68. The summed E-state index contributed by atoms with van der Waals surface area (Å²) < 4.78 is 45.1. The normalized spacial score (nSPS) is 29.7. The Labute approximate surface area is 301 Å². The second kappa shape index (κ2) is 19.4. The van der Waals surface area contributed by atoms with Crippen LogP contribution in [0.15, 0.2) is 24.3 Å². The average Bonchev–Trinajstić information content (AvgIpc) is 3.05. The second-order valence-electron chi connectivity index (χ2n) is 14.2. The van der Waals surface area contributed by atoms with Crippen molar-refractivity contribution in [2.75, 3.05) is 38.8 Å². The summed E-state index contributed by atoms with van der Waals surface area (Å²) in [4.78, 5) is 28.3. The van der Waals surface area contributed by atoms with Crippen molar-refractivity contribution in [2.24, 2.45) is 0 Å². The molecule has 3 rings (SSSR count). The average molecular weight is 742 g/mol. The number of esters is 2. The van der Waals surface area contributed by atoms with E-state index in [-0.39, 0.29) is 26.4 Å². The molecule has 16 heteroatoms. The number of ether oxygens (including phenoxy) is 8. The lowest BCUT2D eigenvalue weighted by atomic mass is 9.98. The molecule has 2 aliphatic rings. The first-order valence-corrected chi connectivity index (χ1v) is 20.6. The molecule has 10 atom stereocenters. The standard InChI is InChI=1S/C35H55NO14Si/c1-20(2)47-29-25(38)26(39)34(49-31(29)32(41)44-14-11-17-51(7,8)9)45-16-15-43-28-24(37)27(40)35(48-21(3)4)50-30(28)33(42)46-19-22-12-10-13-23(18-22)36(5)6/h10,12-13,18,20-21,24-31,34-35,37-40H,14-16,19H2,1-9H3/t24-,25-,26+,27+,28+,29+,30?,31?,34-,35-/m1/s1. The van der Waals surface area contributed by atoms with Crippen LogP contribution in [0.2, 0.25) is 19.6 Å². The molecule has 2 unspecified atom stereocenters. The number of hydrogen-bond donors (Lipinski definition) is 4. The Hall–Kier alpha value is -2.66. The fraction of sp³-hybridized carbons (Fsp3) is 0.714. The molecule has 1 aromatic rings. The van der Waals surface area contributed by atoms with Crippen molar-refractivity contribution in [3.8, 4) is 11.5 Å². The minimum Gasteiger partial charge on any atom is -0.459 e. The predicted octanol–water partition coefficient (Wildman–Crippen LogP) is 0.734. The summed E-state index contributed by atoms with van der Waals surface area (Å²) in [5, 5.41) is 43.5. The van der Waals surface area contributed by atoms with Gasteiger partial charge in [0, 0.05) is 19.8 Å². The van der Waals surface area contributed by atoms with E-state index in [0.717, 1.165) is 5.69 Å². The molecule has 2 fully saturated rings. The summed E-state index contributed by atoms with van der Waals surface area (Å²) in [5.41, 5.74) is 4.70. The van der Waals surface area contributed by atoms with E-state index in [2.05, 4.69) is 11.5 Å². The minimum absolute atomic E-state index is 0.0974. The van der Waals surface area contributed by atoms with E-state index in [0.29, 0.717) is 5.56 Å². The lowest BCUT2D eigenvalue weighted by molar-refractivity contribution is -0.316. The Bertz CT molecular complexity index is 1330. The molecular formula is C35H55NO14Si. The van der Waals surface area contributed by atoms with Gasteiger partial charge in [-0.15, -0.1) is 5.54 Å². The molecule has 15 nitrogen and oxygen atoms in total. The van der Waals surface area contributed by atoms with Crippen molar-refractivity contribution in [3.63, 3.8) is 0 Å². The first-order chi connectivity index (χ1) is 23.9. The third kappa shape index (κ3) is 12.8. The minimum atomic E-state index is -1.70. The van der Waals surface area contributed by atoms with Crippen LogP contribution >= 0.6 is 0 Å². The van der Waals surface area contributed by atoms with Crippen molar-refractivity contribution >= 4 is 25.7 Å². The Morgan fingerprint density at radius 3 is 2.00 bits per heavy atom. The van der Waals surface area contributed by atoms with Gasteiger partial charge in [0.05, 0.1) is 25.4 Å². The molecule has 0 amide bonds. The highest BCUT2D eigenvalue weighted by Crippen LogP contribution is 2.29. The quantitative estimate of drug-likeness (QED) is 0.0851. The maximum absolute atomic E-state index is 13.3. The van der Waals surface area contributed by atoms with Crippen molar-refractivity contribution in [1.29, 1.82) is 0 Å². The fourth-order valence-corrected chi connectivity index (χ4v) is 5.83. The van der Waals surface area contributed by atoms with Gasteiger partial charge in [-0.1, -0.05) is 37.7 Å². The van der Waals surface area contributed by atoms with E-state index in [4.69, 9.17) is 37.9 Å². The van der Waals surface area contributed by atoms with E-state index < -0.39 is 93.6 Å². The molecule has 0 radical (unpaired) electrons. The van der Waals surface area contributed by atoms with Gasteiger partial charge in [0.15, 0.2) is 31.4 Å². The number of anilines is 1. The summed E-state index contributed by atoms with van der Waals surface area (Å²) in [7, 11) is 2.06. The van der Waals surface area contributed by atoms with Gasteiger partial charge in [-0.05, 0) is 45.4 Å². The Kier molecular flexibility index (Phi) is 16.3. The summed E-state index contributed by atoms with van der Waals surface area (Å²) in [6.45, 7) is 12.0. The molecule has 288 valence electrons. The summed E-state index contributed by atoms with van der Waals surface area (Å²) in [5.74, 6) is 1.11. The van der Waals surface area contributed by atoms with Gasteiger partial charge in [-0.25, -0.2) is 9.59 Å². The molecule has 2 saturated heterocycles. The van der Waals surface area contributed by atoms with Crippen LogP contribution in [-0.4, -0.2) is 148 Å². The third-order valence-corrected chi connectivity index (χ3v) is 8.55. The highest BCUT2D eigenvalue weighted by molar-refractivity contribution is 6.83. The lowest BCUT2D eigenvalue weighted by Crippen LogP contribution is -2.62. The topological polar surface area (TPSA) is 192 Å². The van der Waals surface area contributed by atoms with E-state index in [1.54, 1.807) is 33.8 Å². The molecule has 1 aromatic carbocycles. The van der Waals surface area contributed by atoms with Crippen molar-refractivity contribution in [3.05, 3.63) is 29.8 Å². The van der Waals surface area contributed by atoms with Crippen molar-refractivity contribution in [2.45, 2.75) is 128 Å². The molecule has 4 N–H and O–H groups in total. The summed E-state index contributed by atoms with van der Waals surface area (Å²) in [6, 6.07) is 7.37. The number of benzene rings is 1. The van der Waals surface area contributed by atoms with Gasteiger partial charge >= 0.3 is 11.9 Å². The maximum atomic E-state index is 13.3. The van der Waals surface area contributed by atoms with Gasteiger partial charge in [-0.3, -0.25) is 0 Å². The third-order valence-electron chi connectivity index (χ3n) is 7.62. The number of nitrogens with zero attached hydrogens (tertiary/aromatic N) is 1. The van der Waals surface area contributed by atoms with Gasteiger partial charge in [-0.2, -0.15) is 0 Å². The number of hydrogen-bond acceptors (Lipinski definition) is 15. The van der Waals surface area contributed by atoms with Gasteiger partial charge in [0.1, 0.15) is 51.3 Å². The van der Waals surface area contributed by atoms with Crippen LogP contribution in [0, 0.1) is 11.5 Å². The smallest absolute Gasteiger partial charge is 0.339 e. The molecule has 0 aliphatic carbocycles. The van der Waals surface area contributed by atoms with Crippen LogP contribution in [0.1, 0.15) is 33.3 Å². The monoisotopic (exact) mass is 741 g/mol. The molecule has 2 heterocycles. The largest absolute Gasteiger partial charge is 0.459 e. The molecule has 0 aromatic heterocycles. The molecule has 0 spiro atoms. The zero-order valence-electron chi connectivity index (χ0n) is 30.9. The molecular weight excluding hydrogens is 686 g/mol. The zero-order valence-corrected chi connectivity index (χ0v) is 31.9. The predicted molar refractivity (Wildman–Crippen MR) is 186 cm³/mol. The molecule has 51 heavy (non-hydrogen) atoms. The number of aliphatic hydroxyl groups excluding tert-OH is 4. The fourth-order valence-electron chi connectivity index (χ4n) is 5.22. The molecule has 0 saturated carbocycles. The zero-order chi connectivity index (χ0) is 38.0. The summed E-state index contributed by atoms with van der Waals surface area (Å²) >= 11 is 0. The van der Waals surface area contributed by atoms with Crippen molar-refractivity contribution in [1.82, 2.24) is 0 Å². The molecule has 0 bridgehead atoms. The van der Waals surface area contributed by atoms with E-state index >= 15 is 0 Å².